The van der Waals surface area contributed by atoms with E-state index in [1.807, 2.05) is 0 Å². The number of rotatable bonds is 2. The Labute approximate surface area is 259 Å². The Hall–Kier alpha value is -2.78. The van der Waals surface area contributed by atoms with E-state index >= 15 is 0 Å². The molecule has 42 heavy (non-hydrogen) atoms. The summed E-state index contributed by atoms with van der Waals surface area (Å²) in [6.07, 6.45) is 2.49. The van der Waals surface area contributed by atoms with Gasteiger partial charge >= 0.3 is 0 Å². The van der Waals surface area contributed by atoms with E-state index in [0.717, 1.165) is 0 Å². The maximum Gasteiger partial charge on any atom is 0.259 e. The Bertz CT molecular complexity index is 1640. The van der Waals surface area contributed by atoms with Crippen LogP contribution in [-0.2, 0) is 21.7 Å². The third kappa shape index (κ3) is 4.86. The molecule has 2 aliphatic rings. The highest BCUT2D eigenvalue weighted by Gasteiger charge is 2.43. The Morgan fingerprint density at radius 3 is 1.93 bits per heavy atom. The van der Waals surface area contributed by atoms with Gasteiger partial charge in [0.2, 0.25) is 0 Å². The van der Waals surface area contributed by atoms with Crippen LogP contribution < -0.4 is 20.6 Å². The van der Waals surface area contributed by atoms with E-state index in [-0.39, 0.29) is 28.4 Å². The topological polar surface area (TPSA) is 3.24 Å². The molecule has 0 N–H and O–H groups in total. The second kappa shape index (κ2) is 9.61. The van der Waals surface area contributed by atoms with Crippen molar-refractivity contribution < 1.29 is 0 Å². The van der Waals surface area contributed by atoms with Gasteiger partial charge < -0.3 is 4.90 Å². The van der Waals surface area contributed by atoms with Crippen molar-refractivity contribution in [1.29, 1.82) is 0 Å². The van der Waals surface area contributed by atoms with E-state index in [2.05, 4.69) is 159 Å². The molecule has 0 radical (unpaired) electrons. The van der Waals surface area contributed by atoms with Gasteiger partial charge in [-0.25, -0.2) is 0 Å². The molecule has 0 saturated heterocycles. The summed E-state index contributed by atoms with van der Waals surface area (Å²) in [4.78, 5) is 4.15. The van der Waals surface area contributed by atoms with Crippen LogP contribution in [0.15, 0.2) is 66.7 Å². The molecule has 0 fully saturated rings. The summed E-state index contributed by atoms with van der Waals surface area (Å²) in [6.45, 7) is 26.2. The zero-order chi connectivity index (χ0) is 30.4. The Kier molecular flexibility index (Phi) is 6.71. The number of benzene rings is 3. The highest BCUT2D eigenvalue weighted by Crippen LogP contribution is 2.48. The first-order valence-corrected chi connectivity index (χ1v) is 16.6. The van der Waals surface area contributed by atoms with Crippen LogP contribution in [0.4, 0.5) is 17.1 Å². The number of anilines is 3. The molecule has 1 aromatic heterocycles. The number of nitrogens with zero attached hydrogens (tertiary/aromatic N) is 1. The van der Waals surface area contributed by atoms with Crippen LogP contribution in [0.2, 0.25) is 0 Å². The summed E-state index contributed by atoms with van der Waals surface area (Å²) in [7, 11) is 0. The number of aryl methyl sites for hydroxylation is 1. The Morgan fingerprint density at radius 2 is 1.29 bits per heavy atom. The zero-order valence-electron chi connectivity index (χ0n) is 27.7. The quantitative estimate of drug-likeness (QED) is 0.190. The lowest BCUT2D eigenvalue weighted by molar-refractivity contribution is 0.339. The average Bonchev–Trinajstić information content (AvgIpc) is 3.37. The molecular formula is C39H48BNS. The summed E-state index contributed by atoms with van der Waals surface area (Å²) >= 11 is 2.08. The van der Waals surface area contributed by atoms with Crippen molar-refractivity contribution in [3.05, 3.63) is 93.9 Å². The summed E-state index contributed by atoms with van der Waals surface area (Å²) in [5, 5.41) is 0. The minimum atomic E-state index is 0.0619. The van der Waals surface area contributed by atoms with E-state index in [4.69, 9.17) is 0 Å². The molecule has 0 amide bonds. The van der Waals surface area contributed by atoms with Crippen LogP contribution in [-0.4, -0.2) is 6.71 Å². The molecule has 2 heterocycles. The van der Waals surface area contributed by atoms with Crippen molar-refractivity contribution in [2.45, 2.75) is 111 Å². The summed E-state index contributed by atoms with van der Waals surface area (Å²) < 4.78 is 1.49. The lowest BCUT2D eigenvalue weighted by atomic mass is 9.37. The van der Waals surface area contributed by atoms with Gasteiger partial charge in [0.25, 0.3) is 6.71 Å². The largest absolute Gasteiger partial charge is 0.311 e. The predicted octanol–water partition coefficient (Wildman–Crippen LogP) is 9.30. The number of thiophene rings is 1. The van der Waals surface area contributed by atoms with E-state index in [1.54, 1.807) is 10.4 Å². The molecule has 3 heteroatoms. The molecular weight excluding hydrogens is 525 g/mol. The molecule has 6 rings (SSSR count). The van der Waals surface area contributed by atoms with Gasteiger partial charge in [0.1, 0.15) is 0 Å². The van der Waals surface area contributed by atoms with Crippen LogP contribution >= 0.6 is 11.3 Å². The van der Waals surface area contributed by atoms with Crippen LogP contribution in [0.25, 0.3) is 0 Å². The van der Waals surface area contributed by atoms with Gasteiger partial charge in [-0.1, -0.05) is 112 Å². The molecule has 0 bridgehead atoms. The molecule has 1 aliphatic carbocycles. The van der Waals surface area contributed by atoms with Crippen LogP contribution in [0.1, 0.15) is 109 Å². The molecule has 4 aromatic rings. The Morgan fingerprint density at radius 1 is 0.690 bits per heavy atom. The van der Waals surface area contributed by atoms with Crippen molar-refractivity contribution in [2.75, 3.05) is 4.90 Å². The van der Waals surface area contributed by atoms with Gasteiger partial charge in [0.05, 0.1) is 0 Å². The summed E-state index contributed by atoms with van der Waals surface area (Å²) in [6, 6.07) is 26.3. The lowest BCUT2D eigenvalue weighted by Gasteiger charge is -2.39. The summed E-state index contributed by atoms with van der Waals surface area (Å²) in [5.74, 6) is 0. The molecule has 0 saturated carbocycles. The minimum absolute atomic E-state index is 0.0619. The van der Waals surface area contributed by atoms with E-state index in [0.29, 0.717) is 0 Å². The predicted molar refractivity (Wildman–Crippen MR) is 188 cm³/mol. The second-order valence-corrected chi connectivity index (χ2v) is 17.4. The molecule has 0 atom stereocenters. The molecule has 218 valence electrons. The van der Waals surface area contributed by atoms with Gasteiger partial charge in [-0.15, -0.1) is 0 Å². The zero-order valence-corrected chi connectivity index (χ0v) is 28.5. The molecule has 1 aliphatic heterocycles. The molecule has 0 spiro atoms. The van der Waals surface area contributed by atoms with E-state index in [9.17, 15) is 0 Å². The van der Waals surface area contributed by atoms with Crippen molar-refractivity contribution in [3.63, 3.8) is 0 Å². The first-order valence-electron chi connectivity index (χ1n) is 15.8. The fourth-order valence-corrected chi connectivity index (χ4v) is 8.57. The van der Waals surface area contributed by atoms with Crippen molar-refractivity contribution in [2.24, 2.45) is 0 Å². The van der Waals surface area contributed by atoms with E-state index < -0.39 is 0 Å². The van der Waals surface area contributed by atoms with Crippen LogP contribution in [0.5, 0.6) is 0 Å². The first-order chi connectivity index (χ1) is 19.5. The van der Waals surface area contributed by atoms with Crippen molar-refractivity contribution in [3.8, 4) is 0 Å². The van der Waals surface area contributed by atoms with Gasteiger partial charge in [-0.05, 0) is 104 Å². The van der Waals surface area contributed by atoms with Crippen LogP contribution in [0, 0.1) is 6.92 Å². The van der Waals surface area contributed by atoms with E-state index in [1.165, 1.54) is 62.3 Å². The lowest BCUT2D eigenvalue weighted by Crippen LogP contribution is -2.56. The standard InChI is InChI=1S/C39H48BNS/c1-25-15-17-30-32(21-25)41(28-14-12-13-26(22-28)36(2,3)4)33-23-27(37(5,6)7)16-18-31(33)40(30)34-24-29-35(42-34)39(10,11)20-19-38(29,8)9/h12-18,21-24H,19-20H2,1-11H3. The SMILES string of the molecule is Cc1ccc2c(c1)N(c1cccc(C(C)(C)C)c1)c1cc(C(C)(C)C)ccc1B2c1cc2c(s1)C(C)(C)CCC2(C)C. The van der Waals surface area contributed by atoms with Gasteiger partial charge in [0, 0.05) is 21.9 Å². The monoisotopic (exact) mass is 573 g/mol. The third-order valence-corrected chi connectivity index (χ3v) is 11.5. The van der Waals surface area contributed by atoms with Gasteiger partial charge in [-0.2, -0.15) is 11.3 Å². The molecule has 0 unspecified atom stereocenters. The highest BCUT2D eigenvalue weighted by atomic mass is 32.1. The van der Waals surface area contributed by atoms with Crippen LogP contribution in [0.3, 0.4) is 0 Å². The fraction of sp³-hybridized carbons (Fsp3) is 0.436. The first kappa shape index (κ1) is 29.3. The maximum absolute atomic E-state index is 2.59. The number of hydrogen-bond donors (Lipinski definition) is 0. The molecule has 1 nitrogen and oxygen atoms in total. The van der Waals surface area contributed by atoms with Gasteiger partial charge in [0.15, 0.2) is 0 Å². The molecule has 3 aromatic carbocycles. The number of hydrogen-bond acceptors (Lipinski definition) is 2. The van der Waals surface area contributed by atoms with Crippen molar-refractivity contribution in [1.82, 2.24) is 0 Å². The second-order valence-electron chi connectivity index (χ2n) is 16.3. The highest BCUT2D eigenvalue weighted by molar-refractivity contribution is 7.28. The minimum Gasteiger partial charge on any atom is -0.311 e. The smallest absolute Gasteiger partial charge is 0.259 e. The number of fused-ring (bicyclic) bond motifs is 3. The third-order valence-electron chi connectivity index (χ3n) is 9.91. The fourth-order valence-electron chi connectivity index (χ4n) is 6.96. The Balaban J connectivity index is 1.64. The summed E-state index contributed by atoms with van der Waals surface area (Å²) in [5.41, 5.74) is 12.9. The van der Waals surface area contributed by atoms with Crippen molar-refractivity contribution >= 4 is 50.8 Å². The average molecular weight is 574 g/mol. The van der Waals surface area contributed by atoms with Gasteiger partial charge in [-0.3, -0.25) is 0 Å². The normalized spacial score (nSPS) is 17.5. The maximum atomic E-state index is 2.59.